The molecule has 4 heterocycles. The normalized spacial score (nSPS) is 18.0. The highest BCUT2D eigenvalue weighted by Crippen LogP contribution is 2.33. The molecule has 2 aromatic heterocycles. The summed E-state index contributed by atoms with van der Waals surface area (Å²) in [7, 11) is 0. The number of rotatable bonds is 0. The minimum atomic E-state index is -0.0386. The molecule has 0 fully saturated rings. The van der Waals surface area contributed by atoms with Gasteiger partial charge in [-0.2, -0.15) is 0 Å². The number of H-pyrrole nitrogens is 1. The Morgan fingerprint density at radius 3 is 3.00 bits per heavy atom. The molecule has 0 aliphatic carbocycles. The lowest BCUT2D eigenvalue weighted by atomic mass is 9.94. The zero-order valence-corrected chi connectivity index (χ0v) is 14.3. The minimum Gasteiger partial charge on any atom is -0.358 e. The van der Waals surface area contributed by atoms with E-state index in [1.165, 1.54) is 0 Å². The van der Waals surface area contributed by atoms with E-state index >= 15 is 0 Å². The molecule has 1 unspecified atom stereocenters. The van der Waals surface area contributed by atoms with Crippen molar-refractivity contribution in [1.29, 1.82) is 0 Å². The number of aryl methyl sites for hydroxylation is 1. The lowest BCUT2D eigenvalue weighted by Gasteiger charge is -2.21. The van der Waals surface area contributed by atoms with Crippen LogP contribution in [-0.2, 0) is 0 Å². The van der Waals surface area contributed by atoms with Gasteiger partial charge >= 0.3 is 0 Å². The first-order chi connectivity index (χ1) is 12.7. The zero-order chi connectivity index (χ0) is 17.7. The molecule has 3 aromatic rings. The number of hydrogen-bond acceptors (Lipinski definition) is 4. The van der Waals surface area contributed by atoms with E-state index < -0.39 is 0 Å². The molecule has 3 N–H and O–H groups in total. The van der Waals surface area contributed by atoms with Crippen molar-refractivity contribution in [3.8, 4) is 23.1 Å². The number of aromatic amines is 1. The summed E-state index contributed by atoms with van der Waals surface area (Å²) in [6, 6.07) is 7.85. The molecule has 4 bridgehead atoms. The fraction of sp³-hybridized carbons (Fsp3) is 0.250. The van der Waals surface area contributed by atoms with E-state index in [1.807, 2.05) is 31.2 Å². The Labute approximate surface area is 150 Å². The molecule has 0 spiro atoms. The first-order valence-corrected chi connectivity index (χ1v) is 8.69. The molecule has 1 aromatic carbocycles. The number of nitrogens with one attached hydrogen (secondary N) is 3. The van der Waals surface area contributed by atoms with Crippen molar-refractivity contribution >= 4 is 22.8 Å². The van der Waals surface area contributed by atoms with Crippen LogP contribution >= 0.6 is 0 Å². The smallest absolute Gasteiger partial charge is 0.253 e. The molecule has 2 aliphatic heterocycles. The van der Waals surface area contributed by atoms with Crippen LogP contribution in [0.4, 0.5) is 5.82 Å². The summed E-state index contributed by atoms with van der Waals surface area (Å²) in [4.78, 5) is 25.3. The molecule has 6 heteroatoms. The van der Waals surface area contributed by atoms with Gasteiger partial charge in [0.25, 0.3) is 5.91 Å². The SMILES string of the molecule is Cc1nc2cccc3c2nc1NCC#CCC1CNC(=O)c2cc-3[nH]c21. The molecule has 26 heavy (non-hydrogen) atoms. The molecule has 0 saturated carbocycles. The molecule has 5 rings (SSSR count). The van der Waals surface area contributed by atoms with Crippen LogP contribution in [0.25, 0.3) is 22.3 Å². The van der Waals surface area contributed by atoms with Crippen molar-refractivity contribution in [2.75, 3.05) is 18.4 Å². The van der Waals surface area contributed by atoms with Gasteiger partial charge < -0.3 is 15.6 Å². The summed E-state index contributed by atoms with van der Waals surface area (Å²) >= 11 is 0. The number of benzene rings is 1. The van der Waals surface area contributed by atoms with Crippen molar-refractivity contribution < 1.29 is 4.79 Å². The topological polar surface area (TPSA) is 82.7 Å². The largest absolute Gasteiger partial charge is 0.358 e. The van der Waals surface area contributed by atoms with Gasteiger partial charge in [0, 0.05) is 35.8 Å². The molecule has 1 amide bonds. The Balaban J connectivity index is 1.80. The van der Waals surface area contributed by atoms with Gasteiger partial charge in [-0.3, -0.25) is 4.79 Å². The van der Waals surface area contributed by atoms with E-state index in [2.05, 4.69) is 32.4 Å². The highest BCUT2D eigenvalue weighted by Gasteiger charge is 2.28. The standard InChI is InChI=1S/C20H17N5O/c1-11-19-21-8-3-2-5-12-10-22-20(26)14-9-16(24-17(12)14)13-6-4-7-15(23-11)18(13)25-19/h4,6-7,9,12,24H,5,8,10H2,1H3,(H,21,25)(H,22,26). The van der Waals surface area contributed by atoms with Crippen LogP contribution < -0.4 is 10.6 Å². The second-order valence-corrected chi connectivity index (χ2v) is 6.66. The van der Waals surface area contributed by atoms with Crippen molar-refractivity contribution in [3.05, 3.63) is 41.2 Å². The first kappa shape index (κ1) is 15.0. The van der Waals surface area contributed by atoms with Gasteiger partial charge in [0.05, 0.1) is 23.3 Å². The Bertz CT molecular complexity index is 1120. The van der Waals surface area contributed by atoms with Gasteiger partial charge in [-0.25, -0.2) is 9.97 Å². The van der Waals surface area contributed by atoms with E-state index in [9.17, 15) is 4.79 Å². The number of nitrogens with zero attached hydrogens (tertiary/aromatic N) is 2. The Morgan fingerprint density at radius 1 is 1.15 bits per heavy atom. The van der Waals surface area contributed by atoms with Crippen LogP contribution in [0.15, 0.2) is 24.3 Å². The lowest BCUT2D eigenvalue weighted by molar-refractivity contribution is 0.0940. The molecular formula is C20H17N5O. The minimum absolute atomic E-state index is 0.0386. The summed E-state index contributed by atoms with van der Waals surface area (Å²) in [5.41, 5.74) is 5.98. The highest BCUT2D eigenvalue weighted by molar-refractivity contribution is 6.00. The second kappa shape index (κ2) is 5.60. The third-order valence-electron chi connectivity index (χ3n) is 4.99. The Morgan fingerprint density at radius 2 is 2.08 bits per heavy atom. The van der Waals surface area contributed by atoms with E-state index in [1.54, 1.807) is 0 Å². The van der Waals surface area contributed by atoms with E-state index in [-0.39, 0.29) is 11.8 Å². The summed E-state index contributed by atoms with van der Waals surface area (Å²) in [5, 5.41) is 6.24. The van der Waals surface area contributed by atoms with E-state index in [0.29, 0.717) is 25.1 Å². The van der Waals surface area contributed by atoms with Gasteiger partial charge in [-0.1, -0.05) is 18.1 Å². The number of amides is 1. The monoisotopic (exact) mass is 343 g/mol. The number of fused-ring (bicyclic) bond motifs is 3. The zero-order valence-electron chi connectivity index (χ0n) is 14.3. The van der Waals surface area contributed by atoms with Gasteiger partial charge in [-0.05, 0) is 19.1 Å². The number of carbonyl (C=O) groups is 1. The number of para-hydroxylation sites is 1. The molecule has 128 valence electrons. The van der Waals surface area contributed by atoms with Crippen LogP contribution in [0, 0.1) is 18.8 Å². The maximum Gasteiger partial charge on any atom is 0.253 e. The number of carbonyl (C=O) groups excluding carboxylic acids is 1. The fourth-order valence-electron chi connectivity index (χ4n) is 3.65. The van der Waals surface area contributed by atoms with Crippen LogP contribution in [0.3, 0.4) is 0 Å². The first-order valence-electron chi connectivity index (χ1n) is 8.69. The second-order valence-electron chi connectivity index (χ2n) is 6.66. The summed E-state index contributed by atoms with van der Waals surface area (Å²) < 4.78 is 0. The maximum absolute atomic E-state index is 12.3. The Hall–Kier alpha value is -3.33. The van der Waals surface area contributed by atoms with Gasteiger partial charge in [-0.15, -0.1) is 5.92 Å². The van der Waals surface area contributed by atoms with E-state index in [4.69, 9.17) is 4.98 Å². The highest BCUT2D eigenvalue weighted by atomic mass is 16.1. The third-order valence-corrected chi connectivity index (χ3v) is 4.99. The van der Waals surface area contributed by atoms with Gasteiger partial charge in [0.1, 0.15) is 11.3 Å². The fourth-order valence-corrected chi connectivity index (χ4v) is 3.65. The van der Waals surface area contributed by atoms with Crippen molar-refractivity contribution in [1.82, 2.24) is 20.3 Å². The number of aromatic nitrogens is 3. The van der Waals surface area contributed by atoms with Crippen LogP contribution in [-0.4, -0.2) is 33.9 Å². The predicted molar refractivity (Wildman–Crippen MR) is 100 cm³/mol. The Kier molecular flexibility index (Phi) is 3.22. The predicted octanol–water partition coefficient (Wildman–Crippen LogP) is 2.58. The lowest BCUT2D eigenvalue weighted by Crippen LogP contribution is -2.34. The summed E-state index contributed by atoms with van der Waals surface area (Å²) in [6.45, 7) is 3.06. The molecule has 0 radical (unpaired) electrons. The number of hydrogen-bond donors (Lipinski definition) is 3. The van der Waals surface area contributed by atoms with Crippen molar-refractivity contribution in [3.63, 3.8) is 0 Å². The quantitative estimate of drug-likeness (QED) is 0.548. The molecule has 0 saturated heterocycles. The molecule has 1 atom stereocenters. The average molecular weight is 343 g/mol. The van der Waals surface area contributed by atoms with Crippen LogP contribution in [0.5, 0.6) is 0 Å². The average Bonchev–Trinajstić information content (AvgIpc) is 3.09. The molecular weight excluding hydrogens is 326 g/mol. The van der Waals surface area contributed by atoms with Crippen molar-refractivity contribution in [2.24, 2.45) is 0 Å². The summed E-state index contributed by atoms with van der Waals surface area (Å²) in [5.74, 6) is 7.24. The maximum atomic E-state index is 12.3. The molecule has 6 nitrogen and oxygen atoms in total. The molecule has 2 aliphatic rings. The van der Waals surface area contributed by atoms with Crippen LogP contribution in [0.1, 0.15) is 34.1 Å². The van der Waals surface area contributed by atoms with Crippen LogP contribution in [0.2, 0.25) is 0 Å². The van der Waals surface area contributed by atoms with Gasteiger partial charge in [0.2, 0.25) is 0 Å². The van der Waals surface area contributed by atoms with Crippen molar-refractivity contribution in [2.45, 2.75) is 19.3 Å². The van der Waals surface area contributed by atoms with E-state index in [0.717, 1.165) is 39.5 Å². The summed E-state index contributed by atoms with van der Waals surface area (Å²) in [6.07, 6.45) is 0.696. The van der Waals surface area contributed by atoms with Gasteiger partial charge in [0.15, 0.2) is 0 Å². The number of anilines is 1. The third kappa shape index (κ3) is 2.25.